The molecule has 3 heteroatoms. The zero-order chi connectivity index (χ0) is 9.68. The van der Waals surface area contributed by atoms with Crippen molar-refractivity contribution in [3.8, 4) is 0 Å². The van der Waals surface area contributed by atoms with Crippen molar-refractivity contribution in [2.24, 2.45) is 0 Å². The van der Waals surface area contributed by atoms with Gasteiger partial charge in [-0.15, -0.1) is 11.8 Å². The molecule has 2 nitrogen and oxygen atoms in total. The van der Waals surface area contributed by atoms with Gasteiger partial charge in [0, 0.05) is 4.90 Å². The van der Waals surface area contributed by atoms with E-state index in [1.165, 1.54) is 17.3 Å². The molecule has 0 spiro atoms. The predicted molar refractivity (Wildman–Crippen MR) is 54.2 cm³/mol. The smallest absolute Gasteiger partial charge is 0.313 e. The lowest BCUT2D eigenvalue weighted by Gasteiger charge is -1.99. The van der Waals surface area contributed by atoms with Crippen molar-refractivity contribution in [1.82, 2.24) is 0 Å². The monoisotopic (exact) mass is 196 g/mol. The van der Waals surface area contributed by atoms with E-state index in [0.29, 0.717) is 0 Å². The van der Waals surface area contributed by atoms with E-state index >= 15 is 0 Å². The Morgan fingerprint density at radius 3 is 2.46 bits per heavy atom. The van der Waals surface area contributed by atoms with Gasteiger partial charge < -0.3 is 5.11 Å². The van der Waals surface area contributed by atoms with E-state index < -0.39 is 5.97 Å². The maximum atomic E-state index is 10.3. The van der Waals surface area contributed by atoms with Crippen molar-refractivity contribution in [2.45, 2.75) is 18.2 Å². The molecular formula is C10H12O2S. The van der Waals surface area contributed by atoms with Crippen LogP contribution in [0, 0.1) is 0 Å². The fourth-order valence-corrected chi connectivity index (χ4v) is 1.59. The lowest BCUT2D eigenvalue weighted by molar-refractivity contribution is -0.133. The second-order valence-corrected chi connectivity index (χ2v) is 3.73. The van der Waals surface area contributed by atoms with Crippen LogP contribution in [-0.4, -0.2) is 16.8 Å². The van der Waals surface area contributed by atoms with Crippen LogP contribution in [0.3, 0.4) is 0 Å². The van der Waals surface area contributed by atoms with Gasteiger partial charge in [0.1, 0.15) is 0 Å². The molecule has 1 aromatic rings. The fourth-order valence-electron chi connectivity index (χ4n) is 0.966. The molecular weight excluding hydrogens is 184 g/mol. The number of rotatable bonds is 4. The summed E-state index contributed by atoms with van der Waals surface area (Å²) in [5.41, 5.74) is 1.28. The molecule has 0 bridgehead atoms. The summed E-state index contributed by atoms with van der Waals surface area (Å²) in [5.74, 6) is -0.643. The third-order valence-electron chi connectivity index (χ3n) is 1.69. The van der Waals surface area contributed by atoms with Crippen LogP contribution in [0.15, 0.2) is 29.2 Å². The summed E-state index contributed by atoms with van der Waals surface area (Å²) in [5, 5.41) is 8.45. The van der Waals surface area contributed by atoms with Crippen molar-refractivity contribution >= 4 is 17.7 Å². The summed E-state index contributed by atoms with van der Waals surface area (Å²) in [6, 6.07) is 7.99. The van der Waals surface area contributed by atoms with Crippen LogP contribution in [0.2, 0.25) is 0 Å². The van der Waals surface area contributed by atoms with Crippen molar-refractivity contribution in [3.63, 3.8) is 0 Å². The molecule has 0 aromatic heterocycles. The van der Waals surface area contributed by atoms with E-state index in [9.17, 15) is 4.79 Å². The molecule has 0 aliphatic carbocycles. The molecule has 1 N–H and O–H groups in total. The zero-order valence-corrected chi connectivity index (χ0v) is 8.30. The topological polar surface area (TPSA) is 37.3 Å². The largest absolute Gasteiger partial charge is 0.481 e. The van der Waals surface area contributed by atoms with Gasteiger partial charge in [-0.1, -0.05) is 19.1 Å². The molecule has 0 atom stereocenters. The van der Waals surface area contributed by atoms with Crippen LogP contribution < -0.4 is 0 Å². The van der Waals surface area contributed by atoms with Gasteiger partial charge in [0.05, 0.1) is 5.75 Å². The Hall–Kier alpha value is -0.960. The van der Waals surface area contributed by atoms with Gasteiger partial charge in [0.2, 0.25) is 0 Å². The second kappa shape index (κ2) is 4.92. The summed E-state index contributed by atoms with van der Waals surface area (Å²) in [6.07, 6.45) is 1.02. The molecule has 1 rings (SSSR count). The minimum atomic E-state index is -0.774. The van der Waals surface area contributed by atoms with Gasteiger partial charge in [-0.3, -0.25) is 4.79 Å². The molecule has 0 unspecified atom stereocenters. The molecule has 13 heavy (non-hydrogen) atoms. The summed E-state index contributed by atoms with van der Waals surface area (Å²) < 4.78 is 0. The molecule has 0 aliphatic rings. The Kier molecular flexibility index (Phi) is 3.83. The minimum Gasteiger partial charge on any atom is -0.481 e. The summed E-state index contributed by atoms with van der Waals surface area (Å²) in [4.78, 5) is 11.3. The van der Waals surface area contributed by atoms with E-state index in [4.69, 9.17) is 5.11 Å². The van der Waals surface area contributed by atoms with Crippen molar-refractivity contribution in [3.05, 3.63) is 29.8 Å². The number of carbonyl (C=O) groups is 1. The molecule has 1 aromatic carbocycles. The zero-order valence-electron chi connectivity index (χ0n) is 7.49. The van der Waals surface area contributed by atoms with Crippen LogP contribution in [0.5, 0.6) is 0 Å². The SMILES string of the molecule is CCc1ccc(SCC(=O)O)cc1. The average Bonchev–Trinajstić information content (AvgIpc) is 2.15. The van der Waals surface area contributed by atoms with E-state index in [2.05, 4.69) is 6.92 Å². The number of carboxylic acids is 1. The Labute approximate surface area is 82.0 Å². The van der Waals surface area contributed by atoms with Gasteiger partial charge in [-0.25, -0.2) is 0 Å². The third-order valence-corrected chi connectivity index (χ3v) is 2.69. The third kappa shape index (κ3) is 3.51. The number of aliphatic carboxylic acids is 1. The Morgan fingerprint density at radius 1 is 1.38 bits per heavy atom. The summed E-state index contributed by atoms with van der Waals surface area (Å²) in [7, 11) is 0. The molecule has 0 saturated heterocycles. The van der Waals surface area contributed by atoms with E-state index in [-0.39, 0.29) is 5.75 Å². The maximum Gasteiger partial charge on any atom is 0.313 e. The van der Waals surface area contributed by atoms with Crippen molar-refractivity contribution < 1.29 is 9.90 Å². The van der Waals surface area contributed by atoms with E-state index in [0.717, 1.165) is 11.3 Å². The minimum absolute atomic E-state index is 0.130. The van der Waals surface area contributed by atoms with Gasteiger partial charge in [-0.05, 0) is 24.1 Å². The van der Waals surface area contributed by atoms with Gasteiger partial charge in [-0.2, -0.15) is 0 Å². The first-order chi connectivity index (χ1) is 6.22. The van der Waals surface area contributed by atoms with E-state index in [1.54, 1.807) is 0 Å². The predicted octanol–water partition coefficient (Wildman–Crippen LogP) is 2.43. The highest BCUT2D eigenvalue weighted by molar-refractivity contribution is 8.00. The Morgan fingerprint density at radius 2 is 2.00 bits per heavy atom. The van der Waals surface area contributed by atoms with Crippen LogP contribution in [0.4, 0.5) is 0 Å². The van der Waals surface area contributed by atoms with Crippen molar-refractivity contribution in [2.75, 3.05) is 5.75 Å². The number of thioether (sulfide) groups is 1. The highest BCUT2D eigenvalue weighted by atomic mass is 32.2. The lowest BCUT2D eigenvalue weighted by atomic mass is 10.2. The molecule has 0 amide bonds. The summed E-state index contributed by atoms with van der Waals surface area (Å²) >= 11 is 1.35. The van der Waals surface area contributed by atoms with Gasteiger partial charge >= 0.3 is 5.97 Å². The molecule has 70 valence electrons. The fraction of sp³-hybridized carbons (Fsp3) is 0.300. The summed E-state index contributed by atoms with van der Waals surface area (Å²) in [6.45, 7) is 2.10. The quantitative estimate of drug-likeness (QED) is 0.751. The first-order valence-corrected chi connectivity index (χ1v) is 5.14. The normalized spacial score (nSPS) is 9.92. The van der Waals surface area contributed by atoms with Crippen molar-refractivity contribution in [1.29, 1.82) is 0 Å². The van der Waals surface area contributed by atoms with Crippen LogP contribution in [-0.2, 0) is 11.2 Å². The number of hydrogen-bond acceptors (Lipinski definition) is 2. The molecule has 0 fully saturated rings. The number of carboxylic acid groups (broad SMARTS) is 1. The molecule has 0 aliphatic heterocycles. The van der Waals surface area contributed by atoms with Gasteiger partial charge in [0.25, 0.3) is 0 Å². The number of benzene rings is 1. The average molecular weight is 196 g/mol. The first-order valence-electron chi connectivity index (χ1n) is 4.16. The lowest BCUT2D eigenvalue weighted by Crippen LogP contribution is -1.97. The van der Waals surface area contributed by atoms with Crippen LogP contribution in [0.25, 0.3) is 0 Å². The second-order valence-electron chi connectivity index (χ2n) is 2.68. The first kappa shape index (κ1) is 10.1. The highest BCUT2D eigenvalue weighted by Gasteiger charge is 1.98. The number of hydrogen-bond donors (Lipinski definition) is 1. The Balaban J connectivity index is 2.54. The molecule has 0 radical (unpaired) electrons. The van der Waals surface area contributed by atoms with E-state index in [1.807, 2.05) is 24.3 Å². The Bertz CT molecular complexity index is 279. The van der Waals surface area contributed by atoms with Crippen LogP contribution in [0.1, 0.15) is 12.5 Å². The number of aryl methyl sites for hydroxylation is 1. The van der Waals surface area contributed by atoms with Crippen LogP contribution >= 0.6 is 11.8 Å². The highest BCUT2D eigenvalue weighted by Crippen LogP contribution is 2.18. The van der Waals surface area contributed by atoms with Gasteiger partial charge in [0.15, 0.2) is 0 Å². The standard InChI is InChI=1S/C10H12O2S/c1-2-8-3-5-9(6-4-8)13-7-10(11)12/h3-6H,2,7H2,1H3,(H,11,12). The maximum absolute atomic E-state index is 10.3. The molecule has 0 saturated carbocycles. The molecule has 0 heterocycles.